The molecule has 1 aliphatic heterocycles. The molecule has 2 N–H and O–H groups in total. The first-order valence-corrected chi connectivity index (χ1v) is 7.93. The molecule has 130 valence electrons. The van der Waals surface area contributed by atoms with Gasteiger partial charge in [0.2, 0.25) is 11.8 Å². The molecule has 1 aromatic carbocycles. The summed E-state index contributed by atoms with van der Waals surface area (Å²) < 4.78 is 5.23. The molecule has 0 saturated carbocycles. The van der Waals surface area contributed by atoms with E-state index >= 15 is 0 Å². The normalized spacial score (nSPS) is 16.9. The second-order valence-electron chi connectivity index (χ2n) is 5.98. The minimum Gasteiger partial charge on any atom is -0.478 e. The quantitative estimate of drug-likeness (QED) is 0.831. The van der Waals surface area contributed by atoms with Crippen LogP contribution in [-0.2, 0) is 22.7 Å². The Balaban J connectivity index is 1.54. The van der Waals surface area contributed by atoms with Crippen molar-refractivity contribution >= 4 is 17.8 Å². The number of amides is 2. The third kappa shape index (κ3) is 4.06. The molecule has 2 aromatic rings. The average molecular weight is 342 g/mol. The summed E-state index contributed by atoms with van der Waals surface area (Å²) in [5.74, 6) is -1.03. The summed E-state index contributed by atoms with van der Waals surface area (Å²) in [4.78, 5) is 36.9. The summed E-state index contributed by atoms with van der Waals surface area (Å²) in [6, 6.07) is 9.94. The van der Waals surface area contributed by atoms with Crippen LogP contribution in [0.1, 0.15) is 28.1 Å². The van der Waals surface area contributed by atoms with Gasteiger partial charge in [-0.3, -0.25) is 9.59 Å². The van der Waals surface area contributed by atoms with E-state index in [4.69, 9.17) is 9.52 Å². The number of carbonyl (C=O) groups excluding carboxylic acids is 2. The van der Waals surface area contributed by atoms with Crippen molar-refractivity contribution in [3.8, 4) is 0 Å². The zero-order valence-corrected chi connectivity index (χ0v) is 13.5. The Morgan fingerprint density at radius 1 is 1.28 bits per heavy atom. The Bertz CT molecular complexity index is 785. The van der Waals surface area contributed by atoms with Crippen molar-refractivity contribution < 1.29 is 23.9 Å². The van der Waals surface area contributed by atoms with Crippen LogP contribution in [0.4, 0.5) is 0 Å². The molecular formula is C18H18N2O5. The lowest BCUT2D eigenvalue weighted by Gasteiger charge is -2.15. The third-order valence-corrected chi connectivity index (χ3v) is 4.15. The molecule has 3 rings (SSSR count). The topological polar surface area (TPSA) is 99.8 Å². The van der Waals surface area contributed by atoms with Gasteiger partial charge in [0.1, 0.15) is 5.76 Å². The average Bonchev–Trinajstić information content (AvgIpc) is 3.23. The van der Waals surface area contributed by atoms with Crippen molar-refractivity contribution in [3.63, 3.8) is 0 Å². The Morgan fingerprint density at radius 2 is 2.12 bits per heavy atom. The molecule has 0 radical (unpaired) electrons. The van der Waals surface area contributed by atoms with Crippen molar-refractivity contribution in [3.05, 3.63) is 59.5 Å². The van der Waals surface area contributed by atoms with Crippen LogP contribution in [-0.4, -0.2) is 34.3 Å². The summed E-state index contributed by atoms with van der Waals surface area (Å²) in [5.41, 5.74) is 0.873. The number of rotatable bonds is 6. The molecule has 0 spiro atoms. The first-order chi connectivity index (χ1) is 12.0. The van der Waals surface area contributed by atoms with Crippen molar-refractivity contribution in [1.82, 2.24) is 10.2 Å². The van der Waals surface area contributed by atoms with Crippen LogP contribution in [0.5, 0.6) is 0 Å². The number of nitrogens with zero attached hydrogens (tertiary/aromatic N) is 1. The van der Waals surface area contributed by atoms with E-state index in [1.807, 2.05) is 0 Å². The fourth-order valence-corrected chi connectivity index (χ4v) is 2.84. The van der Waals surface area contributed by atoms with E-state index in [2.05, 4.69) is 5.32 Å². The number of carboxylic acids is 1. The zero-order valence-electron chi connectivity index (χ0n) is 13.5. The number of aromatic carboxylic acids is 1. The predicted molar refractivity (Wildman–Crippen MR) is 87.5 cm³/mol. The van der Waals surface area contributed by atoms with Crippen LogP contribution in [0.15, 0.2) is 47.1 Å². The molecule has 1 fully saturated rings. The van der Waals surface area contributed by atoms with E-state index in [1.54, 1.807) is 35.4 Å². The van der Waals surface area contributed by atoms with Gasteiger partial charge >= 0.3 is 5.97 Å². The minimum atomic E-state index is -1.01. The van der Waals surface area contributed by atoms with Gasteiger partial charge in [-0.15, -0.1) is 0 Å². The van der Waals surface area contributed by atoms with Crippen molar-refractivity contribution in [2.45, 2.75) is 19.5 Å². The van der Waals surface area contributed by atoms with Crippen LogP contribution >= 0.6 is 0 Å². The van der Waals surface area contributed by atoms with Crippen LogP contribution in [0.25, 0.3) is 0 Å². The lowest BCUT2D eigenvalue weighted by molar-refractivity contribution is -0.129. The number of hydrogen-bond donors (Lipinski definition) is 2. The number of carbonyl (C=O) groups is 3. The first kappa shape index (κ1) is 16.8. The number of nitrogens with one attached hydrogen (secondary N) is 1. The monoisotopic (exact) mass is 342 g/mol. The molecule has 1 aromatic heterocycles. The maximum Gasteiger partial charge on any atom is 0.335 e. The highest BCUT2D eigenvalue weighted by molar-refractivity contribution is 5.89. The molecule has 25 heavy (non-hydrogen) atoms. The van der Waals surface area contributed by atoms with Crippen LogP contribution in [0.2, 0.25) is 0 Å². The molecule has 7 heteroatoms. The highest BCUT2D eigenvalue weighted by Gasteiger charge is 2.34. The van der Waals surface area contributed by atoms with Crippen LogP contribution in [0.3, 0.4) is 0 Å². The number of hydrogen-bond acceptors (Lipinski definition) is 4. The molecular weight excluding hydrogens is 324 g/mol. The largest absolute Gasteiger partial charge is 0.478 e. The lowest BCUT2D eigenvalue weighted by Crippen LogP contribution is -2.32. The molecule has 1 aliphatic rings. The standard InChI is InChI=1S/C18H18N2O5/c21-16-8-14(10-20(16)11-15-5-2-6-25-15)17(22)19-9-12-3-1-4-13(7-12)18(23)24/h1-7,14H,8-11H2,(H,19,22)(H,23,24)/t14-/m0/s1. The molecule has 7 nitrogen and oxygen atoms in total. The van der Waals surface area contributed by atoms with Gasteiger partial charge in [-0.25, -0.2) is 4.79 Å². The smallest absolute Gasteiger partial charge is 0.335 e. The van der Waals surface area contributed by atoms with E-state index in [-0.39, 0.29) is 30.3 Å². The van der Waals surface area contributed by atoms with Gasteiger partial charge < -0.3 is 19.7 Å². The predicted octanol–water partition coefficient (Wildman–Crippen LogP) is 1.64. The van der Waals surface area contributed by atoms with Gasteiger partial charge in [0, 0.05) is 19.5 Å². The Labute approximate surface area is 144 Å². The fourth-order valence-electron chi connectivity index (χ4n) is 2.84. The summed E-state index contributed by atoms with van der Waals surface area (Å²) >= 11 is 0. The van der Waals surface area contributed by atoms with Gasteiger partial charge in [0.25, 0.3) is 0 Å². The van der Waals surface area contributed by atoms with Crippen LogP contribution in [0, 0.1) is 5.92 Å². The molecule has 1 atom stereocenters. The molecule has 2 amide bonds. The first-order valence-electron chi connectivity index (χ1n) is 7.93. The second-order valence-corrected chi connectivity index (χ2v) is 5.98. The van der Waals surface area contributed by atoms with Gasteiger partial charge in [-0.1, -0.05) is 12.1 Å². The number of benzene rings is 1. The highest BCUT2D eigenvalue weighted by atomic mass is 16.4. The zero-order chi connectivity index (χ0) is 17.8. The van der Waals surface area contributed by atoms with E-state index in [9.17, 15) is 14.4 Å². The van der Waals surface area contributed by atoms with E-state index in [1.165, 1.54) is 12.1 Å². The highest BCUT2D eigenvalue weighted by Crippen LogP contribution is 2.20. The Hall–Kier alpha value is -3.09. The minimum absolute atomic E-state index is 0.0792. The maximum atomic E-state index is 12.3. The molecule has 0 unspecified atom stereocenters. The van der Waals surface area contributed by atoms with Crippen LogP contribution < -0.4 is 5.32 Å². The SMILES string of the molecule is O=C(O)c1cccc(CNC(=O)[C@H]2CC(=O)N(Cc3ccco3)C2)c1. The lowest BCUT2D eigenvalue weighted by atomic mass is 10.1. The van der Waals surface area contributed by atoms with E-state index in [0.29, 0.717) is 24.4 Å². The fraction of sp³-hybridized carbons (Fsp3) is 0.278. The summed E-state index contributed by atoms with van der Waals surface area (Å²) in [5, 5.41) is 11.8. The van der Waals surface area contributed by atoms with Gasteiger partial charge in [0.05, 0.1) is 24.3 Å². The summed E-state index contributed by atoms with van der Waals surface area (Å²) in [6.07, 6.45) is 1.72. The van der Waals surface area contributed by atoms with Gasteiger partial charge in [0.15, 0.2) is 0 Å². The van der Waals surface area contributed by atoms with Gasteiger partial charge in [-0.05, 0) is 29.8 Å². The number of likely N-dealkylation sites (tertiary alicyclic amines) is 1. The summed E-state index contributed by atoms with van der Waals surface area (Å²) in [7, 11) is 0. The van der Waals surface area contributed by atoms with E-state index in [0.717, 1.165) is 0 Å². The molecule has 1 saturated heterocycles. The maximum absolute atomic E-state index is 12.3. The molecule has 2 heterocycles. The number of carboxylic acid groups (broad SMARTS) is 1. The van der Waals surface area contributed by atoms with Crippen molar-refractivity contribution in [2.75, 3.05) is 6.54 Å². The van der Waals surface area contributed by atoms with E-state index < -0.39 is 11.9 Å². The van der Waals surface area contributed by atoms with Gasteiger partial charge in [-0.2, -0.15) is 0 Å². The third-order valence-electron chi connectivity index (χ3n) is 4.15. The Morgan fingerprint density at radius 3 is 2.84 bits per heavy atom. The van der Waals surface area contributed by atoms with Crippen molar-refractivity contribution in [2.24, 2.45) is 5.92 Å². The number of furan rings is 1. The second kappa shape index (κ2) is 7.21. The molecule has 0 aliphatic carbocycles. The Kier molecular flexibility index (Phi) is 4.83. The summed E-state index contributed by atoms with van der Waals surface area (Å²) in [6.45, 7) is 0.930. The molecule has 0 bridgehead atoms. The van der Waals surface area contributed by atoms with Crippen molar-refractivity contribution in [1.29, 1.82) is 0 Å².